The summed E-state index contributed by atoms with van der Waals surface area (Å²) in [6.07, 6.45) is 6.50. The van der Waals surface area contributed by atoms with Crippen LogP contribution in [0.15, 0.2) is 41.8 Å². The number of sulfone groups is 1. The zero-order valence-corrected chi connectivity index (χ0v) is 16.7. The quantitative estimate of drug-likeness (QED) is 0.649. The van der Waals surface area contributed by atoms with Gasteiger partial charge in [-0.25, -0.2) is 23.4 Å². The molecule has 0 amide bonds. The highest BCUT2D eigenvalue weighted by atomic mass is 32.2. The minimum Gasteiger partial charge on any atom is -0.478 e. The van der Waals surface area contributed by atoms with Gasteiger partial charge >= 0.3 is 0 Å². The molecule has 1 aliphatic rings. The van der Waals surface area contributed by atoms with Gasteiger partial charge in [-0.3, -0.25) is 0 Å². The number of H-pyrrole nitrogens is 1. The highest BCUT2D eigenvalue weighted by Crippen LogP contribution is 2.36. The van der Waals surface area contributed by atoms with Crippen LogP contribution in [0.3, 0.4) is 0 Å². The topological polar surface area (TPSA) is 101 Å². The Morgan fingerprint density at radius 1 is 1.25 bits per heavy atom. The Kier molecular flexibility index (Phi) is 4.92. The van der Waals surface area contributed by atoms with Crippen molar-refractivity contribution in [1.29, 1.82) is 0 Å². The maximum absolute atomic E-state index is 12.8. The van der Waals surface area contributed by atoms with Crippen LogP contribution in [0.2, 0.25) is 0 Å². The van der Waals surface area contributed by atoms with E-state index < -0.39 is 9.84 Å². The van der Waals surface area contributed by atoms with E-state index in [0.29, 0.717) is 12.5 Å². The van der Waals surface area contributed by atoms with Crippen molar-refractivity contribution in [1.82, 2.24) is 19.9 Å². The molecule has 9 heteroatoms. The number of hydrogen-bond donors (Lipinski definition) is 1. The minimum absolute atomic E-state index is 0.129. The van der Waals surface area contributed by atoms with Crippen molar-refractivity contribution in [3.05, 3.63) is 36.9 Å². The van der Waals surface area contributed by atoms with Gasteiger partial charge < -0.3 is 14.6 Å². The number of aromatic amines is 1. The summed E-state index contributed by atoms with van der Waals surface area (Å²) in [6, 6.07) is 5.26. The molecule has 4 rings (SSSR count). The van der Waals surface area contributed by atoms with Crippen molar-refractivity contribution in [2.45, 2.75) is 30.7 Å². The van der Waals surface area contributed by atoms with Crippen LogP contribution in [0, 0.1) is 5.92 Å². The molecule has 3 aromatic heterocycles. The van der Waals surface area contributed by atoms with Gasteiger partial charge in [-0.15, -0.1) is 0 Å². The summed E-state index contributed by atoms with van der Waals surface area (Å²) in [4.78, 5) is 18.2. The van der Waals surface area contributed by atoms with E-state index in [-0.39, 0.29) is 22.6 Å². The van der Waals surface area contributed by atoms with Crippen molar-refractivity contribution < 1.29 is 13.2 Å². The van der Waals surface area contributed by atoms with Gasteiger partial charge in [0, 0.05) is 31.5 Å². The summed E-state index contributed by atoms with van der Waals surface area (Å²) in [5.41, 5.74) is 0.804. The number of aromatic nitrogens is 4. The number of rotatable bonds is 7. The number of hydrogen-bond acceptors (Lipinski definition) is 7. The maximum atomic E-state index is 12.8. The number of pyridine rings is 1. The van der Waals surface area contributed by atoms with Crippen LogP contribution in [0.1, 0.15) is 19.8 Å². The predicted octanol–water partition coefficient (Wildman–Crippen LogP) is 2.44. The van der Waals surface area contributed by atoms with Crippen molar-refractivity contribution in [3.63, 3.8) is 0 Å². The molecular weight excluding hydrogens is 378 g/mol. The molecule has 0 bridgehead atoms. The number of nitrogens with one attached hydrogen (secondary N) is 1. The molecule has 8 nitrogen and oxygen atoms in total. The summed E-state index contributed by atoms with van der Waals surface area (Å²) in [5, 5.41) is 0.973. The SMILES string of the molecule is CCOc1cc(S(=O)(=O)C[C@H]2C[C@@H](N(C)c3ncnc4[nH]ccc34)C2)ccn1. The molecule has 1 fully saturated rings. The zero-order valence-electron chi connectivity index (χ0n) is 15.9. The van der Waals surface area contributed by atoms with E-state index in [1.807, 2.05) is 26.2 Å². The fourth-order valence-electron chi connectivity index (χ4n) is 3.68. The summed E-state index contributed by atoms with van der Waals surface area (Å²) < 4.78 is 30.8. The van der Waals surface area contributed by atoms with Gasteiger partial charge in [-0.2, -0.15) is 0 Å². The zero-order chi connectivity index (χ0) is 19.7. The van der Waals surface area contributed by atoms with Crippen LogP contribution in [-0.2, 0) is 9.84 Å². The van der Waals surface area contributed by atoms with Gasteiger partial charge in [0.15, 0.2) is 9.84 Å². The Bertz CT molecular complexity index is 1080. The second-order valence-electron chi connectivity index (χ2n) is 7.08. The molecular formula is C19H23N5O3S. The first-order valence-electron chi connectivity index (χ1n) is 9.30. The molecule has 1 aliphatic carbocycles. The monoisotopic (exact) mass is 401 g/mol. The molecule has 1 N–H and O–H groups in total. The lowest BCUT2D eigenvalue weighted by Gasteiger charge is -2.41. The number of ether oxygens (including phenoxy) is 1. The Morgan fingerprint density at radius 3 is 2.86 bits per heavy atom. The number of nitrogens with zero attached hydrogens (tertiary/aromatic N) is 4. The van der Waals surface area contributed by atoms with E-state index in [9.17, 15) is 8.42 Å². The first-order chi connectivity index (χ1) is 13.5. The van der Waals surface area contributed by atoms with Crippen LogP contribution in [0.5, 0.6) is 5.88 Å². The third-order valence-corrected chi connectivity index (χ3v) is 7.12. The number of fused-ring (bicyclic) bond motifs is 1. The van der Waals surface area contributed by atoms with E-state index in [2.05, 4.69) is 24.8 Å². The molecule has 3 aromatic rings. The molecule has 0 radical (unpaired) electrons. The molecule has 3 heterocycles. The lowest BCUT2D eigenvalue weighted by molar-refractivity contribution is 0.282. The van der Waals surface area contributed by atoms with Crippen molar-refractivity contribution in [2.75, 3.05) is 24.3 Å². The summed E-state index contributed by atoms with van der Waals surface area (Å²) in [5.74, 6) is 1.47. The largest absolute Gasteiger partial charge is 0.478 e. The molecule has 0 aromatic carbocycles. The molecule has 0 saturated heterocycles. The van der Waals surface area contributed by atoms with E-state index >= 15 is 0 Å². The third kappa shape index (κ3) is 3.54. The maximum Gasteiger partial charge on any atom is 0.214 e. The second-order valence-corrected chi connectivity index (χ2v) is 9.12. The van der Waals surface area contributed by atoms with Crippen LogP contribution in [0.25, 0.3) is 11.0 Å². The van der Waals surface area contributed by atoms with Crippen molar-refractivity contribution >= 4 is 26.7 Å². The van der Waals surface area contributed by atoms with Crippen LogP contribution >= 0.6 is 0 Å². The average molecular weight is 401 g/mol. The summed E-state index contributed by atoms with van der Waals surface area (Å²) >= 11 is 0. The summed E-state index contributed by atoms with van der Waals surface area (Å²) in [6.45, 7) is 2.29. The van der Waals surface area contributed by atoms with E-state index in [1.54, 1.807) is 6.33 Å². The molecule has 0 unspecified atom stereocenters. The Labute approximate surface area is 163 Å². The molecule has 148 valence electrons. The van der Waals surface area contributed by atoms with Crippen LogP contribution in [-0.4, -0.2) is 53.8 Å². The third-order valence-electron chi connectivity index (χ3n) is 5.24. The Balaban J connectivity index is 1.41. The molecule has 1 saturated carbocycles. The van der Waals surface area contributed by atoms with E-state index in [4.69, 9.17) is 4.74 Å². The second kappa shape index (κ2) is 7.38. The molecule has 0 spiro atoms. The Morgan fingerprint density at radius 2 is 2.07 bits per heavy atom. The fourth-order valence-corrected chi connectivity index (χ4v) is 5.32. The van der Waals surface area contributed by atoms with E-state index in [0.717, 1.165) is 29.7 Å². The average Bonchev–Trinajstić information content (AvgIpc) is 3.13. The first kappa shape index (κ1) is 18.7. The van der Waals surface area contributed by atoms with Gasteiger partial charge in [0.25, 0.3) is 0 Å². The first-order valence-corrected chi connectivity index (χ1v) is 11.0. The van der Waals surface area contributed by atoms with Gasteiger partial charge in [0.1, 0.15) is 17.8 Å². The molecule has 28 heavy (non-hydrogen) atoms. The molecule has 0 atom stereocenters. The van der Waals surface area contributed by atoms with Crippen LogP contribution in [0.4, 0.5) is 5.82 Å². The normalized spacial score (nSPS) is 19.4. The van der Waals surface area contributed by atoms with Gasteiger partial charge in [0.05, 0.1) is 22.6 Å². The Hall–Kier alpha value is -2.68. The lowest BCUT2D eigenvalue weighted by atomic mass is 9.81. The smallest absolute Gasteiger partial charge is 0.214 e. The predicted molar refractivity (Wildman–Crippen MR) is 106 cm³/mol. The lowest BCUT2D eigenvalue weighted by Crippen LogP contribution is -2.45. The van der Waals surface area contributed by atoms with Crippen molar-refractivity contribution in [2.24, 2.45) is 5.92 Å². The van der Waals surface area contributed by atoms with Gasteiger partial charge in [0.2, 0.25) is 5.88 Å². The standard InChI is InChI=1S/C19H23N5O3S/c1-3-27-17-10-15(4-6-20-17)28(25,26)11-13-8-14(9-13)24(2)19-16-5-7-21-18(16)22-12-23-19/h4-7,10,12-14H,3,8-9,11H2,1-2H3,(H,21,22,23)/t13-,14+. The van der Waals surface area contributed by atoms with Crippen LogP contribution < -0.4 is 9.64 Å². The highest BCUT2D eigenvalue weighted by Gasteiger charge is 2.36. The minimum atomic E-state index is -3.37. The van der Waals surface area contributed by atoms with Crippen molar-refractivity contribution in [3.8, 4) is 5.88 Å². The number of anilines is 1. The van der Waals surface area contributed by atoms with Gasteiger partial charge in [-0.1, -0.05) is 0 Å². The molecule has 0 aliphatic heterocycles. The fraction of sp³-hybridized carbons (Fsp3) is 0.421. The summed E-state index contributed by atoms with van der Waals surface area (Å²) in [7, 11) is -1.37. The van der Waals surface area contributed by atoms with Gasteiger partial charge in [-0.05, 0) is 37.8 Å². The van der Waals surface area contributed by atoms with E-state index in [1.165, 1.54) is 18.3 Å². The highest BCUT2D eigenvalue weighted by molar-refractivity contribution is 7.91.